The van der Waals surface area contributed by atoms with E-state index in [0.29, 0.717) is 28.7 Å². The zero-order valence-corrected chi connectivity index (χ0v) is 9.42. The lowest BCUT2D eigenvalue weighted by molar-refractivity contribution is -0.117. The van der Waals surface area contributed by atoms with Crippen molar-refractivity contribution in [1.82, 2.24) is 0 Å². The van der Waals surface area contributed by atoms with Gasteiger partial charge in [-0.05, 0) is 18.2 Å². The van der Waals surface area contributed by atoms with Crippen molar-refractivity contribution >= 4 is 34.8 Å². The highest BCUT2D eigenvalue weighted by Gasteiger charge is 2.29. The van der Waals surface area contributed by atoms with Crippen LogP contribution in [0.2, 0.25) is 10.0 Å². The SMILES string of the molecule is NC1CC(=O)N(c2ccc(Cl)cc2Cl)C1. The summed E-state index contributed by atoms with van der Waals surface area (Å²) in [6, 6.07) is 4.96. The molecular formula is C10H10Cl2N2O. The van der Waals surface area contributed by atoms with Gasteiger partial charge >= 0.3 is 0 Å². The number of carbonyl (C=O) groups is 1. The topological polar surface area (TPSA) is 46.3 Å². The van der Waals surface area contributed by atoms with E-state index < -0.39 is 0 Å². The van der Waals surface area contributed by atoms with Crippen molar-refractivity contribution < 1.29 is 4.79 Å². The number of nitrogens with zero attached hydrogens (tertiary/aromatic N) is 1. The van der Waals surface area contributed by atoms with Gasteiger partial charge < -0.3 is 10.6 Å². The largest absolute Gasteiger partial charge is 0.326 e. The van der Waals surface area contributed by atoms with E-state index in [0.717, 1.165) is 0 Å². The first-order valence-electron chi connectivity index (χ1n) is 4.59. The van der Waals surface area contributed by atoms with E-state index in [-0.39, 0.29) is 11.9 Å². The Hall–Kier alpha value is -0.770. The van der Waals surface area contributed by atoms with Gasteiger partial charge in [0.25, 0.3) is 0 Å². The summed E-state index contributed by atoms with van der Waals surface area (Å²) in [4.78, 5) is 13.2. The Kier molecular flexibility index (Phi) is 2.87. The lowest BCUT2D eigenvalue weighted by Gasteiger charge is -2.17. The summed E-state index contributed by atoms with van der Waals surface area (Å²) in [7, 11) is 0. The molecule has 0 aliphatic carbocycles. The average Bonchev–Trinajstić information content (AvgIpc) is 2.45. The highest BCUT2D eigenvalue weighted by molar-refractivity contribution is 6.36. The third-order valence-corrected chi connectivity index (χ3v) is 2.89. The molecule has 1 aliphatic rings. The predicted molar refractivity (Wildman–Crippen MR) is 61.4 cm³/mol. The van der Waals surface area contributed by atoms with E-state index in [1.54, 1.807) is 23.1 Å². The van der Waals surface area contributed by atoms with Gasteiger partial charge in [-0.3, -0.25) is 4.79 Å². The summed E-state index contributed by atoms with van der Waals surface area (Å²) in [5.41, 5.74) is 6.38. The second-order valence-corrected chi connectivity index (χ2v) is 4.41. The third-order valence-electron chi connectivity index (χ3n) is 2.36. The van der Waals surface area contributed by atoms with Crippen molar-refractivity contribution in [2.75, 3.05) is 11.4 Å². The first kappa shape index (κ1) is 10.7. The maximum absolute atomic E-state index is 11.6. The number of hydrogen-bond donors (Lipinski definition) is 1. The molecular weight excluding hydrogens is 235 g/mol. The van der Waals surface area contributed by atoms with E-state index in [1.807, 2.05) is 0 Å². The van der Waals surface area contributed by atoms with E-state index in [2.05, 4.69) is 0 Å². The molecule has 2 rings (SSSR count). The van der Waals surface area contributed by atoms with Crippen LogP contribution in [-0.2, 0) is 4.79 Å². The molecule has 1 atom stereocenters. The van der Waals surface area contributed by atoms with Crippen molar-refractivity contribution in [1.29, 1.82) is 0 Å². The Bertz CT molecular complexity index is 408. The molecule has 0 bridgehead atoms. The molecule has 1 aromatic carbocycles. The minimum absolute atomic E-state index is 0.00622. The van der Waals surface area contributed by atoms with Gasteiger partial charge in [0.05, 0.1) is 10.7 Å². The number of amides is 1. The summed E-state index contributed by atoms with van der Waals surface area (Å²) in [6.07, 6.45) is 0.374. The quantitative estimate of drug-likeness (QED) is 0.823. The van der Waals surface area contributed by atoms with Gasteiger partial charge in [0, 0.05) is 24.0 Å². The molecule has 1 amide bonds. The summed E-state index contributed by atoms with van der Waals surface area (Å²) in [6.45, 7) is 0.514. The van der Waals surface area contributed by atoms with Crippen molar-refractivity contribution in [2.45, 2.75) is 12.5 Å². The van der Waals surface area contributed by atoms with Crippen LogP contribution in [0.4, 0.5) is 5.69 Å². The lowest BCUT2D eigenvalue weighted by Crippen LogP contribution is -2.28. The van der Waals surface area contributed by atoms with Crippen LogP contribution in [0, 0.1) is 0 Å². The van der Waals surface area contributed by atoms with Crippen molar-refractivity contribution in [3.8, 4) is 0 Å². The normalized spacial score (nSPS) is 21.1. The minimum Gasteiger partial charge on any atom is -0.326 e. The summed E-state index contributed by atoms with van der Waals surface area (Å²) < 4.78 is 0. The molecule has 2 N–H and O–H groups in total. The second kappa shape index (κ2) is 4.00. The molecule has 3 nitrogen and oxygen atoms in total. The Balaban J connectivity index is 2.34. The molecule has 15 heavy (non-hydrogen) atoms. The maximum atomic E-state index is 11.6. The van der Waals surface area contributed by atoms with E-state index in [9.17, 15) is 4.79 Å². The molecule has 0 aromatic heterocycles. The highest BCUT2D eigenvalue weighted by Crippen LogP contribution is 2.31. The van der Waals surface area contributed by atoms with Crippen LogP contribution in [0.25, 0.3) is 0 Å². The number of anilines is 1. The molecule has 5 heteroatoms. The standard InChI is InChI=1S/C10H10Cl2N2O/c11-6-1-2-9(8(12)3-6)14-5-7(13)4-10(14)15/h1-3,7H,4-5,13H2. The van der Waals surface area contributed by atoms with E-state index >= 15 is 0 Å². The van der Waals surface area contributed by atoms with Gasteiger partial charge in [0.1, 0.15) is 0 Å². The monoisotopic (exact) mass is 244 g/mol. The first-order chi connectivity index (χ1) is 7.08. The molecule has 0 radical (unpaired) electrons. The lowest BCUT2D eigenvalue weighted by atomic mass is 10.3. The molecule has 1 heterocycles. The van der Waals surface area contributed by atoms with Crippen LogP contribution in [0.1, 0.15) is 6.42 Å². The fourth-order valence-electron chi connectivity index (χ4n) is 1.67. The van der Waals surface area contributed by atoms with Gasteiger partial charge in [0.2, 0.25) is 5.91 Å². The molecule has 1 aliphatic heterocycles. The Morgan fingerprint density at radius 1 is 1.40 bits per heavy atom. The number of halogens is 2. The van der Waals surface area contributed by atoms with Gasteiger partial charge in [-0.1, -0.05) is 23.2 Å². The summed E-state index contributed by atoms with van der Waals surface area (Å²) in [5.74, 6) is 0.00622. The van der Waals surface area contributed by atoms with Gasteiger partial charge in [-0.25, -0.2) is 0 Å². The molecule has 1 aromatic rings. The predicted octanol–water partition coefficient (Wildman–Crippen LogP) is 2.06. The Morgan fingerprint density at radius 2 is 2.13 bits per heavy atom. The minimum atomic E-state index is -0.107. The molecule has 1 unspecified atom stereocenters. The Labute approximate surface area is 97.8 Å². The fourth-order valence-corrected chi connectivity index (χ4v) is 2.18. The van der Waals surface area contributed by atoms with E-state index in [4.69, 9.17) is 28.9 Å². The van der Waals surface area contributed by atoms with Crippen LogP contribution in [-0.4, -0.2) is 18.5 Å². The summed E-state index contributed by atoms with van der Waals surface area (Å²) in [5, 5.41) is 1.03. The number of benzene rings is 1. The smallest absolute Gasteiger partial charge is 0.228 e. The van der Waals surface area contributed by atoms with Crippen LogP contribution in [0.15, 0.2) is 18.2 Å². The van der Waals surface area contributed by atoms with Crippen LogP contribution in [0.5, 0.6) is 0 Å². The second-order valence-electron chi connectivity index (χ2n) is 3.56. The molecule has 0 spiro atoms. The first-order valence-corrected chi connectivity index (χ1v) is 5.34. The van der Waals surface area contributed by atoms with Gasteiger partial charge in [-0.2, -0.15) is 0 Å². The summed E-state index contributed by atoms with van der Waals surface area (Å²) >= 11 is 11.8. The average molecular weight is 245 g/mol. The van der Waals surface area contributed by atoms with Crippen LogP contribution >= 0.6 is 23.2 Å². The molecule has 1 fully saturated rings. The van der Waals surface area contributed by atoms with Gasteiger partial charge in [-0.15, -0.1) is 0 Å². The zero-order chi connectivity index (χ0) is 11.0. The maximum Gasteiger partial charge on any atom is 0.228 e. The number of nitrogens with two attached hydrogens (primary N) is 1. The highest BCUT2D eigenvalue weighted by atomic mass is 35.5. The van der Waals surface area contributed by atoms with E-state index in [1.165, 1.54) is 0 Å². The van der Waals surface area contributed by atoms with Crippen LogP contribution < -0.4 is 10.6 Å². The van der Waals surface area contributed by atoms with Crippen molar-refractivity contribution in [3.05, 3.63) is 28.2 Å². The number of carbonyl (C=O) groups excluding carboxylic acids is 1. The van der Waals surface area contributed by atoms with Crippen molar-refractivity contribution in [2.24, 2.45) is 5.73 Å². The zero-order valence-electron chi connectivity index (χ0n) is 7.91. The number of rotatable bonds is 1. The molecule has 1 saturated heterocycles. The Morgan fingerprint density at radius 3 is 2.67 bits per heavy atom. The third kappa shape index (κ3) is 2.09. The molecule has 0 saturated carbocycles. The van der Waals surface area contributed by atoms with Crippen LogP contribution in [0.3, 0.4) is 0 Å². The number of hydrogen-bond acceptors (Lipinski definition) is 2. The van der Waals surface area contributed by atoms with Gasteiger partial charge in [0.15, 0.2) is 0 Å². The van der Waals surface area contributed by atoms with Crippen molar-refractivity contribution in [3.63, 3.8) is 0 Å². The fraction of sp³-hybridized carbons (Fsp3) is 0.300. The molecule has 80 valence electrons.